The van der Waals surface area contributed by atoms with Gasteiger partial charge in [0.15, 0.2) is 0 Å². The van der Waals surface area contributed by atoms with Crippen LogP contribution in [0.4, 0.5) is 4.39 Å². The molecule has 1 saturated carbocycles. The number of rotatable bonds is 5. The molecule has 0 saturated heterocycles. The number of hydrogen-bond acceptors (Lipinski definition) is 3. The average molecular weight is 276 g/mol. The summed E-state index contributed by atoms with van der Waals surface area (Å²) in [6, 6.07) is 6.51. The van der Waals surface area contributed by atoms with Gasteiger partial charge in [-0.2, -0.15) is 0 Å². The van der Waals surface area contributed by atoms with Crippen LogP contribution in [0.3, 0.4) is 0 Å². The normalized spacial score (nSPS) is 15.4. The first-order chi connectivity index (χ1) is 9.31. The minimum absolute atomic E-state index is 0.206. The average Bonchev–Trinajstić information content (AvgIpc) is 2.82. The van der Waals surface area contributed by atoms with Gasteiger partial charge in [-0.05, 0) is 49.6 Å². The summed E-state index contributed by atoms with van der Waals surface area (Å²) in [6.07, 6.45) is 4.12. The summed E-state index contributed by atoms with van der Waals surface area (Å²) >= 11 is 1.61. The quantitative estimate of drug-likeness (QED) is 0.897. The van der Waals surface area contributed by atoms with E-state index < -0.39 is 0 Å². The van der Waals surface area contributed by atoms with E-state index in [1.54, 1.807) is 23.5 Å². The fourth-order valence-corrected chi connectivity index (χ4v) is 3.04. The molecule has 0 atom stereocenters. The minimum Gasteiger partial charge on any atom is -0.311 e. The predicted molar refractivity (Wildman–Crippen MR) is 76.6 cm³/mol. The monoisotopic (exact) mass is 276 g/mol. The van der Waals surface area contributed by atoms with Crippen molar-refractivity contribution in [3.05, 3.63) is 41.2 Å². The van der Waals surface area contributed by atoms with E-state index in [0.29, 0.717) is 0 Å². The third kappa shape index (κ3) is 3.19. The Labute approximate surface area is 116 Å². The molecule has 100 valence electrons. The SMILES string of the molecule is Fc1ccc(-c2nc(CNCC3CCC3)cs2)cc1. The van der Waals surface area contributed by atoms with Gasteiger partial charge >= 0.3 is 0 Å². The molecule has 1 aromatic carbocycles. The summed E-state index contributed by atoms with van der Waals surface area (Å²) in [4.78, 5) is 4.58. The Kier molecular flexibility index (Phi) is 3.89. The van der Waals surface area contributed by atoms with Crippen LogP contribution in [0.5, 0.6) is 0 Å². The largest absolute Gasteiger partial charge is 0.311 e. The zero-order chi connectivity index (χ0) is 13.1. The van der Waals surface area contributed by atoms with Gasteiger partial charge in [0.2, 0.25) is 0 Å². The highest BCUT2D eigenvalue weighted by Crippen LogP contribution is 2.26. The molecule has 0 bridgehead atoms. The number of benzene rings is 1. The van der Waals surface area contributed by atoms with Crippen LogP contribution in [0.1, 0.15) is 25.0 Å². The lowest BCUT2D eigenvalue weighted by atomic mass is 9.85. The number of nitrogens with zero attached hydrogens (tertiary/aromatic N) is 1. The Bertz CT molecular complexity index is 531. The molecule has 3 rings (SSSR count). The molecule has 2 aromatic rings. The van der Waals surface area contributed by atoms with Gasteiger partial charge in [0.05, 0.1) is 5.69 Å². The summed E-state index contributed by atoms with van der Waals surface area (Å²) in [6.45, 7) is 1.93. The molecule has 4 heteroatoms. The molecule has 1 heterocycles. The maximum atomic E-state index is 12.9. The molecule has 1 aliphatic carbocycles. The van der Waals surface area contributed by atoms with Crippen molar-refractivity contribution >= 4 is 11.3 Å². The highest BCUT2D eigenvalue weighted by atomic mass is 32.1. The lowest BCUT2D eigenvalue weighted by molar-refractivity contribution is 0.301. The summed E-state index contributed by atoms with van der Waals surface area (Å²) in [5.41, 5.74) is 2.06. The molecule has 1 aromatic heterocycles. The number of thiazole rings is 1. The second kappa shape index (κ2) is 5.80. The third-order valence-electron chi connectivity index (χ3n) is 3.61. The fraction of sp³-hybridized carbons (Fsp3) is 0.400. The molecule has 0 unspecified atom stereocenters. The zero-order valence-electron chi connectivity index (χ0n) is 10.7. The van der Waals surface area contributed by atoms with Gasteiger partial charge in [0, 0.05) is 17.5 Å². The predicted octanol–water partition coefficient (Wildman–Crippen LogP) is 3.84. The standard InChI is InChI=1S/C15H17FN2S/c16-13-6-4-12(5-7-13)15-18-14(10-19-15)9-17-8-11-2-1-3-11/h4-7,10-11,17H,1-3,8-9H2. The third-order valence-corrected chi connectivity index (χ3v) is 4.55. The van der Waals surface area contributed by atoms with Crippen molar-refractivity contribution in [2.45, 2.75) is 25.8 Å². The van der Waals surface area contributed by atoms with Crippen LogP contribution < -0.4 is 5.32 Å². The molecule has 2 nitrogen and oxygen atoms in total. The molecule has 0 spiro atoms. The lowest BCUT2D eigenvalue weighted by Crippen LogP contribution is -2.26. The van der Waals surface area contributed by atoms with Crippen molar-refractivity contribution in [2.24, 2.45) is 5.92 Å². The van der Waals surface area contributed by atoms with E-state index in [-0.39, 0.29) is 5.82 Å². The van der Waals surface area contributed by atoms with E-state index in [9.17, 15) is 4.39 Å². The zero-order valence-corrected chi connectivity index (χ0v) is 11.5. The summed E-state index contributed by atoms with van der Waals surface area (Å²) in [7, 11) is 0. The molecular formula is C15H17FN2S. The van der Waals surface area contributed by atoms with Crippen molar-refractivity contribution in [2.75, 3.05) is 6.54 Å². The summed E-state index contributed by atoms with van der Waals surface area (Å²) in [5.74, 6) is 0.665. The van der Waals surface area contributed by atoms with Crippen LogP contribution in [0, 0.1) is 11.7 Å². The number of aromatic nitrogens is 1. The molecule has 0 radical (unpaired) electrons. The molecule has 1 aliphatic rings. The number of hydrogen-bond donors (Lipinski definition) is 1. The molecule has 0 amide bonds. The Hall–Kier alpha value is -1.26. The van der Waals surface area contributed by atoms with Gasteiger partial charge in [0.1, 0.15) is 10.8 Å². The van der Waals surface area contributed by atoms with Gasteiger partial charge in [-0.1, -0.05) is 6.42 Å². The van der Waals surface area contributed by atoms with Crippen molar-refractivity contribution in [1.29, 1.82) is 0 Å². The Morgan fingerprint density at radius 1 is 1.26 bits per heavy atom. The Morgan fingerprint density at radius 3 is 2.74 bits per heavy atom. The van der Waals surface area contributed by atoms with Gasteiger partial charge in [-0.25, -0.2) is 9.37 Å². The Balaban J connectivity index is 1.57. The van der Waals surface area contributed by atoms with Crippen molar-refractivity contribution < 1.29 is 4.39 Å². The van der Waals surface area contributed by atoms with Crippen molar-refractivity contribution in [1.82, 2.24) is 10.3 Å². The Morgan fingerprint density at radius 2 is 2.05 bits per heavy atom. The highest BCUT2D eigenvalue weighted by Gasteiger charge is 2.16. The molecular weight excluding hydrogens is 259 g/mol. The van der Waals surface area contributed by atoms with Crippen LogP contribution in [0.2, 0.25) is 0 Å². The highest BCUT2D eigenvalue weighted by molar-refractivity contribution is 7.13. The fourth-order valence-electron chi connectivity index (χ4n) is 2.21. The summed E-state index contributed by atoms with van der Waals surface area (Å²) < 4.78 is 12.9. The lowest BCUT2D eigenvalue weighted by Gasteiger charge is -2.25. The van der Waals surface area contributed by atoms with Crippen LogP contribution in [-0.2, 0) is 6.54 Å². The number of halogens is 1. The van der Waals surface area contributed by atoms with Crippen LogP contribution in [0.25, 0.3) is 10.6 Å². The first-order valence-electron chi connectivity index (χ1n) is 6.72. The smallest absolute Gasteiger partial charge is 0.123 e. The van der Waals surface area contributed by atoms with Gasteiger partial charge in [-0.15, -0.1) is 11.3 Å². The molecule has 1 N–H and O–H groups in total. The topological polar surface area (TPSA) is 24.9 Å². The van der Waals surface area contributed by atoms with E-state index in [0.717, 1.165) is 35.3 Å². The van der Waals surface area contributed by atoms with E-state index in [4.69, 9.17) is 0 Å². The minimum atomic E-state index is -0.206. The second-order valence-corrected chi connectivity index (χ2v) is 5.94. The van der Waals surface area contributed by atoms with Gasteiger partial charge < -0.3 is 5.32 Å². The maximum Gasteiger partial charge on any atom is 0.123 e. The first kappa shape index (κ1) is 12.8. The van der Waals surface area contributed by atoms with E-state index in [1.165, 1.54) is 31.4 Å². The van der Waals surface area contributed by atoms with Crippen LogP contribution in [0.15, 0.2) is 29.6 Å². The van der Waals surface area contributed by atoms with E-state index >= 15 is 0 Å². The van der Waals surface area contributed by atoms with Crippen LogP contribution >= 0.6 is 11.3 Å². The summed E-state index contributed by atoms with van der Waals surface area (Å²) in [5, 5.41) is 6.50. The van der Waals surface area contributed by atoms with Gasteiger partial charge in [-0.3, -0.25) is 0 Å². The molecule has 0 aliphatic heterocycles. The second-order valence-electron chi connectivity index (χ2n) is 5.08. The van der Waals surface area contributed by atoms with Crippen LogP contribution in [-0.4, -0.2) is 11.5 Å². The van der Waals surface area contributed by atoms with E-state index in [2.05, 4.69) is 15.7 Å². The van der Waals surface area contributed by atoms with E-state index in [1.807, 2.05) is 0 Å². The first-order valence-corrected chi connectivity index (χ1v) is 7.60. The van der Waals surface area contributed by atoms with Crippen molar-refractivity contribution in [3.63, 3.8) is 0 Å². The number of nitrogens with one attached hydrogen (secondary N) is 1. The van der Waals surface area contributed by atoms with Crippen molar-refractivity contribution in [3.8, 4) is 10.6 Å². The maximum absolute atomic E-state index is 12.9. The van der Waals surface area contributed by atoms with Gasteiger partial charge in [0.25, 0.3) is 0 Å². The molecule has 19 heavy (non-hydrogen) atoms. The molecule has 1 fully saturated rings.